The summed E-state index contributed by atoms with van der Waals surface area (Å²) in [4.78, 5) is 35.2. The first kappa shape index (κ1) is 30.3. The van der Waals surface area contributed by atoms with Crippen LogP contribution in [0.4, 0.5) is 5.69 Å². The molecule has 4 N–H and O–H groups in total. The van der Waals surface area contributed by atoms with Gasteiger partial charge in [0, 0.05) is 56.7 Å². The average Bonchev–Trinajstić information content (AvgIpc) is 2.91. The third-order valence-electron chi connectivity index (χ3n) is 6.04. The number of aromatic nitrogens is 2. The second-order valence-corrected chi connectivity index (χ2v) is 8.85. The van der Waals surface area contributed by atoms with Crippen molar-refractivity contribution in [3.8, 4) is 0 Å². The molecule has 214 valence electrons. The van der Waals surface area contributed by atoms with Crippen molar-refractivity contribution in [3.05, 3.63) is 53.1 Å². The van der Waals surface area contributed by atoms with Gasteiger partial charge < -0.3 is 34.9 Å². The molecule has 39 heavy (non-hydrogen) atoms. The Morgan fingerprint density at radius 2 is 1.31 bits per heavy atom. The summed E-state index contributed by atoms with van der Waals surface area (Å²) in [5.74, 6) is -2.18. The molecule has 0 radical (unpaired) electrons. The van der Waals surface area contributed by atoms with Crippen LogP contribution in [-0.4, -0.2) is 121 Å². The van der Waals surface area contributed by atoms with Crippen LogP contribution in [0.3, 0.4) is 0 Å². The van der Waals surface area contributed by atoms with Crippen molar-refractivity contribution < 1.29 is 38.7 Å². The second kappa shape index (κ2) is 16.7. The van der Waals surface area contributed by atoms with E-state index in [9.17, 15) is 19.8 Å². The summed E-state index contributed by atoms with van der Waals surface area (Å²) in [5.41, 5.74) is 7.53. The molecule has 0 aliphatic carbocycles. The molecule has 0 atom stereocenters. The topological polar surface area (TPSA) is 170 Å². The minimum Gasteiger partial charge on any atom is -0.477 e. The summed E-state index contributed by atoms with van der Waals surface area (Å²) < 4.78 is 23.0. The average molecular weight is 548 g/mol. The highest BCUT2D eigenvalue weighted by Crippen LogP contribution is 2.17. The van der Waals surface area contributed by atoms with E-state index in [1.54, 1.807) is 18.2 Å². The maximum atomic E-state index is 11.6. The number of carboxylic acids is 2. The van der Waals surface area contributed by atoms with E-state index in [2.05, 4.69) is 14.9 Å². The van der Waals surface area contributed by atoms with E-state index >= 15 is 0 Å². The zero-order valence-electron chi connectivity index (χ0n) is 22.0. The van der Waals surface area contributed by atoms with Crippen molar-refractivity contribution in [2.24, 2.45) is 0 Å². The van der Waals surface area contributed by atoms with Crippen molar-refractivity contribution in [1.82, 2.24) is 19.8 Å². The fourth-order valence-corrected chi connectivity index (χ4v) is 3.96. The summed E-state index contributed by atoms with van der Waals surface area (Å²) in [6, 6.07) is 6.55. The molecule has 13 nitrogen and oxygen atoms in total. The van der Waals surface area contributed by atoms with Gasteiger partial charge >= 0.3 is 11.9 Å². The van der Waals surface area contributed by atoms with E-state index in [1.165, 1.54) is 12.3 Å². The molecule has 1 saturated heterocycles. The van der Waals surface area contributed by atoms with E-state index in [-0.39, 0.29) is 11.4 Å². The number of anilines is 1. The lowest BCUT2D eigenvalue weighted by Crippen LogP contribution is -2.33. The minimum absolute atomic E-state index is 0.0143. The number of aromatic carboxylic acids is 2. The number of carbonyl (C=O) groups is 2. The van der Waals surface area contributed by atoms with Gasteiger partial charge in [0.1, 0.15) is 5.69 Å². The molecule has 13 heteroatoms. The van der Waals surface area contributed by atoms with Crippen molar-refractivity contribution in [2.45, 2.75) is 13.1 Å². The Hall–Kier alpha value is -3.20. The number of hydrogen-bond donors (Lipinski definition) is 3. The minimum atomic E-state index is -1.12. The summed E-state index contributed by atoms with van der Waals surface area (Å²) in [6.45, 7) is 6.53. The van der Waals surface area contributed by atoms with Crippen molar-refractivity contribution in [2.75, 3.05) is 84.8 Å². The molecule has 3 rings (SSSR count). The fraction of sp³-hybridized carbons (Fsp3) is 0.538. The number of carboxylic acid groups (broad SMARTS) is 2. The van der Waals surface area contributed by atoms with Crippen LogP contribution in [0.2, 0.25) is 0 Å². The van der Waals surface area contributed by atoms with Gasteiger partial charge in [-0.25, -0.2) is 19.6 Å². The predicted octanol–water partition coefficient (Wildman–Crippen LogP) is 0.839. The van der Waals surface area contributed by atoms with Gasteiger partial charge in [-0.1, -0.05) is 6.07 Å². The van der Waals surface area contributed by atoms with Gasteiger partial charge in [0.05, 0.1) is 58.5 Å². The van der Waals surface area contributed by atoms with Gasteiger partial charge in [-0.05, 0) is 18.2 Å². The van der Waals surface area contributed by atoms with Gasteiger partial charge in [-0.3, -0.25) is 9.80 Å². The van der Waals surface area contributed by atoms with Gasteiger partial charge in [-0.2, -0.15) is 0 Å². The van der Waals surface area contributed by atoms with E-state index in [0.29, 0.717) is 109 Å². The van der Waals surface area contributed by atoms with Gasteiger partial charge in [-0.15, -0.1) is 0 Å². The lowest BCUT2D eigenvalue weighted by molar-refractivity contribution is 0.00607. The number of pyridine rings is 2. The van der Waals surface area contributed by atoms with Crippen LogP contribution in [-0.2, 0) is 32.0 Å². The molecular weight excluding hydrogens is 510 g/mol. The zero-order valence-corrected chi connectivity index (χ0v) is 22.0. The molecule has 0 unspecified atom stereocenters. The van der Waals surface area contributed by atoms with Crippen LogP contribution < -0.4 is 5.73 Å². The molecule has 3 heterocycles. The summed E-state index contributed by atoms with van der Waals surface area (Å²) >= 11 is 0. The molecule has 2 aromatic rings. The monoisotopic (exact) mass is 547 g/mol. The normalized spacial score (nSPS) is 18.2. The van der Waals surface area contributed by atoms with Gasteiger partial charge in [0.15, 0.2) is 5.69 Å². The standard InChI is InChI=1S/C26H37N5O8/c27-22-4-5-28-24(26(34)35)21(22)19-31-8-12-38-16-14-36-10-6-30(7-11-37-15-17-39-13-9-31)18-20-2-1-3-23(29-20)25(32)33/h1-5H,6-19H2,(H2,27,28)(H,32,33)(H,34,35). The summed E-state index contributed by atoms with van der Waals surface area (Å²) in [6.07, 6.45) is 1.39. The maximum absolute atomic E-state index is 11.6. The lowest BCUT2D eigenvalue weighted by Gasteiger charge is -2.24. The Morgan fingerprint density at radius 1 is 0.769 bits per heavy atom. The molecule has 0 bridgehead atoms. The highest BCUT2D eigenvalue weighted by molar-refractivity contribution is 5.88. The number of rotatable bonds is 6. The van der Waals surface area contributed by atoms with Crippen LogP contribution in [0.1, 0.15) is 32.2 Å². The highest BCUT2D eigenvalue weighted by atomic mass is 16.5. The maximum Gasteiger partial charge on any atom is 0.354 e. The SMILES string of the molecule is Nc1ccnc(C(=O)O)c1CN1CCOCCOCCN(Cc2cccc(C(=O)O)n2)CCOCCOCC1. The smallest absolute Gasteiger partial charge is 0.354 e. The summed E-state index contributed by atoms with van der Waals surface area (Å²) in [7, 11) is 0. The van der Waals surface area contributed by atoms with E-state index in [4.69, 9.17) is 24.7 Å². The van der Waals surface area contributed by atoms with E-state index < -0.39 is 11.9 Å². The first-order chi connectivity index (χ1) is 18.9. The summed E-state index contributed by atoms with van der Waals surface area (Å²) in [5, 5.41) is 18.7. The second-order valence-electron chi connectivity index (χ2n) is 8.85. The van der Waals surface area contributed by atoms with Crippen molar-refractivity contribution in [1.29, 1.82) is 0 Å². The molecule has 1 aliphatic heterocycles. The Kier molecular flexibility index (Phi) is 13.0. The first-order valence-electron chi connectivity index (χ1n) is 12.9. The van der Waals surface area contributed by atoms with E-state index in [0.717, 1.165) is 0 Å². The Bertz CT molecular complexity index is 1040. The molecular formula is C26H37N5O8. The van der Waals surface area contributed by atoms with Crippen LogP contribution in [0, 0.1) is 0 Å². The molecule has 0 amide bonds. The third kappa shape index (κ3) is 10.8. The Morgan fingerprint density at radius 3 is 1.82 bits per heavy atom. The van der Waals surface area contributed by atoms with Gasteiger partial charge in [0.2, 0.25) is 0 Å². The third-order valence-corrected chi connectivity index (χ3v) is 6.04. The molecule has 1 fully saturated rings. The van der Waals surface area contributed by atoms with Crippen molar-refractivity contribution in [3.63, 3.8) is 0 Å². The lowest BCUT2D eigenvalue weighted by atomic mass is 10.1. The number of hydrogen-bond acceptors (Lipinski definition) is 11. The Balaban J connectivity index is 1.52. The number of ether oxygens (including phenoxy) is 4. The molecule has 1 aliphatic rings. The number of nitrogen functional groups attached to an aromatic ring is 1. The number of nitrogens with two attached hydrogens (primary N) is 1. The molecule has 0 aromatic carbocycles. The predicted molar refractivity (Wildman–Crippen MR) is 141 cm³/mol. The van der Waals surface area contributed by atoms with Crippen LogP contribution in [0.5, 0.6) is 0 Å². The fourth-order valence-electron chi connectivity index (χ4n) is 3.96. The van der Waals surface area contributed by atoms with Crippen LogP contribution in [0.25, 0.3) is 0 Å². The van der Waals surface area contributed by atoms with Crippen LogP contribution in [0.15, 0.2) is 30.5 Å². The molecule has 2 aromatic heterocycles. The van der Waals surface area contributed by atoms with Crippen molar-refractivity contribution >= 4 is 17.6 Å². The van der Waals surface area contributed by atoms with Crippen LogP contribution >= 0.6 is 0 Å². The first-order valence-corrected chi connectivity index (χ1v) is 12.9. The quantitative estimate of drug-likeness (QED) is 0.465. The zero-order chi connectivity index (χ0) is 27.9. The highest BCUT2D eigenvalue weighted by Gasteiger charge is 2.18. The molecule has 0 saturated carbocycles. The molecule has 0 spiro atoms. The van der Waals surface area contributed by atoms with Gasteiger partial charge in [0.25, 0.3) is 0 Å². The van der Waals surface area contributed by atoms with E-state index in [1.807, 2.05) is 4.90 Å². The largest absolute Gasteiger partial charge is 0.477 e. The Labute approximate surface area is 227 Å². The number of nitrogens with zero attached hydrogens (tertiary/aromatic N) is 4.